The van der Waals surface area contributed by atoms with Crippen LogP contribution in [0.2, 0.25) is 0 Å². The minimum atomic E-state index is 0.996. The fraction of sp³-hybridized carbons (Fsp3) is 0.125. The van der Waals surface area contributed by atoms with Crippen molar-refractivity contribution in [3.8, 4) is 0 Å². The molecule has 18 heavy (non-hydrogen) atoms. The normalized spacial score (nSPS) is 11.6. The van der Waals surface area contributed by atoms with Gasteiger partial charge in [-0.2, -0.15) is 0 Å². The molecule has 0 aliphatic rings. The van der Waals surface area contributed by atoms with Gasteiger partial charge in [0.1, 0.15) is 0 Å². The van der Waals surface area contributed by atoms with E-state index < -0.39 is 0 Å². The molecule has 1 aromatic carbocycles. The zero-order valence-electron chi connectivity index (χ0n) is 10.9. The molecular formula is C16H19NS. The summed E-state index contributed by atoms with van der Waals surface area (Å²) < 4.78 is 3.31. The van der Waals surface area contributed by atoms with Gasteiger partial charge in [-0.3, -0.25) is 0 Å². The lowest BCUT2D eigenvalue weighted by Crippen LogP contribution is -2.01. The summed E-state index contributed by atoms with van der Waals surface area (Å²) >= 11 is 1.61. The van der Waals surface area contributed by atoms with Crippen LogP contribution in [0.1, 0.15) is 11.1 Å². The van der Waals surface area contributed by atoms with Crippen LogP contribution < -0.4 is 4.72 Å². The summed E-state index contributed by atoms with van der Waals surface area (Å²) in [6.07, 6.45) is 9.30. The van der Waals surface area contributed by atoms with Gasteiger partial charge in [-0.05, 0) is 55.1 Å². The summed E-state index contributed by atoms with van der Waals surface area (Å²) in [5.41, 5.74) is 3.53. The zero-order valence-corrected chi connectivity index (χ0v) is 11.8. The zero-order chi connectivity index (χ0) is 13.4. The maximum absolute atomic E-state index is 3.71. The highest BCUT2D eigenvalue weighted by Gasteiger charge is 2.00. The van der Waals surface area contributed by atoms with Crippen LogP contribution in [0.5, 0.6) is 0 Å². The Balaban J connectivity index is 2.75. The van der Waals surface area contributed by atoms with Crippen LogP contribution in [0, 0.1) is 13.8 Å². The summed E-state index contributed by atoms with van der Waals surface area (Å²) in [7, 11) is 0. The SMILES string of the molecule is C=C/C=C\C(=C/C=C)NSc1cc(C)ccc1C. The number of hydrogen-bond donors (Lipinski definition) is 1. The lowest BCUT2D eigenvalue weighted by molar-refractivity contribution is 1.22. The summed E-state index contributed by atoms with van der Waals surface area (Å²) in [4.78, 5) is 1.23. The van der Waals surface area contributed by atoms with Gasteiger partial charge >= 0.3 is 0 Å². The van der Waals surface area contributed by atoms with Gasteiger partial charge in [0.05, 0.1) is 0 Å². The number of benzene rings is 1. The van der Waals surface area contributed by atoms with E-state index in [9.17, 15) is 0 Å². The fourth-order valence-electron chi connectivity index (χ4n) is 1.35. The first kappa shape index (κ1) is 14.4. The molecule has 0 fully saturated rings. The van der Waals surface area contributed by atoms with Gasteiger partial charge in [0.2, 0.25) is 0 Å². The Morgan fingerprint density at radius 1 is 1.22 bits per heavy atom. The third-order valence-corrected chi connectivity index (χ3v) is 3.33. The van der Waals surface area contributed by atoms with E-state index in [-0.39, 0.29) is 0 Å². The minimum absolute atomic E-state index is 0.996. The molecule has 0 amide bonds. The van der Waals surface area contributed by atoms with Crippen molar-refractivity contribution in [3.05, 3.63) is 78.6 Å². The van der Waals surface area contributed by atoms with Gasteiger partial charge in [-0.1, -0.05) is 43.5 Å². The van der Waals surface area contributed by atoms with Crippen molar-refractivity contribution in [2.24, 2.45) is 0 Å². The first-order valence-corrected chi connectivity index (χ1v) is 6.61. The van der Waals surface area contributed by atoms with E-state index in [0.29, 0.717) is 0 Å². The predicted octanol–water partition coefficient (Wildman–Crippen LogP) is 4.71. The van der Waals surface area contributed by atoms with Gasteiger partial charge in [-0.25, -0.2) is 0 Å². The van der Waals surface area contributed by atoms with Crippen LogP contribution in [-0.4, -0.2) is 0 Å². The van der Waals surface area contributed by atoms with Gasteiger partial charge in [0.25, 0.3) is 0 Å². The number of nitrogens with one attached hydrogen (secondary N) is 1. The summed E-state index contributed by atoms with van der Waals surface area (Å²) in [6.45, 7) is 11.6. The average molecular weight is 257 g/mol. The Morgan fingerprint density at radius 3 is 2.67 bits per heavy atom. The smallest absolute Gasteiger partial charge is 0.0442 e. The fourth-order valence-corrected chi connectivity index (χ4v) is 2.19. The maximum atomic E-state index is 3.71. The van der Waals surface area contributed by atoms with Crippen molar-refractivity contribution >= 4 is 11.9 Å². The molecule has 0 atom stereocenters. The van der Waals surface area contributed by atoms with Crippen LogP contribution in [-0.2, 0) is 0 Å². The summed E-state index contributed by atoms with van der Waals surface area (Å²) in [5, 5.41) is 0. The van der Waals surface area contributed by atoms with Gasteiger partial charge in [0, 0.05) is 10.6 Å². The van der Waals surface area contributed by atoms with Crippen LogP contribution in [0.4, 0.5) is 0 Å². The lowest BCUT2D eigenvalue weighted by Gasteiger charge is -2.09. The molecule has 0 unspecified atom stereocenters. The molecule has 0 spiro atoms. The number of rotatable bonds is 6. The van der Waals surface area contributed by atoms with E-state index in [4.69, 9.17) is 0 Å². The molecular weight excluding hydrogens is 238 g/mol. The van der Waals surface area contributed by atoms with Crippen LogP contribution in [0.15, 0.2) is 72.3 Å². The molecule has 0 saturated carbocycles. The molecule has 1 rings (SSSR count). The van der Waals surface area contributed by atoms with Crippen molar-refractivity contribution in [1.82, 2.24) is 4.72 Å². The largest absolute Gasteiger partial charge is 0.326 e. The Kier molecular flexibility index (Phi) is 6.09. The maximum Gasteiger partial charge on any atom is 0.0442 e. The lowest BCUT2D eigenvalue weighted by atomic mass is 10.2. The number of allylic oxidation sites excluding steroid dienone is 5. The standard InChI is InChI=1S/C16H19NS/c1-5-7-9-15(8-6-2)17-18-16-12-13(3)10-11-14(16)4/h5-12,17H,1-2H2,3-4H3/b9-7-,15-8+. The van der Waals surface area contributed by atoms with Crippen molar-refractivity contribution in [2.75, 3.05) is 0 Å². The van der Waals surface area contributed by atoms with Gasteiger partial charge < -0.3 is 4.72 Å². The van der Waals surface area contributed by atoms with Crippen molar-refractivity contribution < 1.29 is 0 Å². The highest BCUT2D eigenvalue weighted by atomic mass is 32.2. The molecule has 2 heteroatoms. The van der Waals surface area contributed by atoms with Gasteiger partial charge in [-0.15, -0.1) is 0 Å². The summed E-state index contributed by atoms with van der Waals surface area (Å²) in [6, 6.07) is 6.43. The van der Waals surface area contributed by atoms with Crippen molar-refractivity contribution in [1.29, 1.82) is 0 Å². The minimum Gasteiger partial charge on any atom is -0.326 e. The molecule has 0 radical (unpaired) electrons. The highest BCUT2D eigenvalue weighted by Crippen LogP contribution is 2.22. The molecule has 0 aliphatic heterocycles. The van der Waals surface area contributed by atoms with E-state index in [2.05, 4.69) is 49.9 Å². The van der Waals surface area contributed by atoms with Crippen molar-refractivity contribution in [2.45, 2.75) is 18.7 Å². The highest BCUT2D eigenvalue weighted by molar-refractivity contribution is 7.97. The Labute approximate surface area is 114 Å². The topological polar surface area (TPSA) is 12.0 Å². The molecule has 0 aliphatic carbocycles. The van der Waals surface area contributed by atoms with E-state index >= 15 is 0 Å². The Bertz CT molecular complexity index is 484. The Hall–Kier alpha value is -1.67. The molecule has 0 aromatic heterocycles. The molecule has 1 aromatic rings. The predicted molar refractivity (Wildman–Crippen MR) is 82.5 cm³/mol. The van der Waals surface area contributed by atoms with E-state index in [1.165, 1.54) is 16.0 Å². The van der Waals surface area contributed by atoms with E-state index in [1.54, 1.807) is 24.1 Å². The Morgan fingerprint density at radius 2 is 2.00 bits per heavy atom. The van der Waals surface area contributed by atoms with E-state index in [1.807, 2.05) is 18.2 Å². The first-order valence-electron chi connectivity index (χ1n) is 5.79. The number of hydrogen-bond acceptors (Lipinski definition) is 2. The summed E-state index contributed by atoms with van der Waals surface area (Å²) in [5.74, 6) is 0. The monoisotopic (exact) mass is 257 g/mol. The van der Waals surface area contributed by atoms with E-state index in [0.717, 1.165) is 5.70 Å². The molecule has 0 saturated heterocycles. The molecule has 1 N–H and O–H groups in total. The second-order valence-electron chi connectivity index (χ2n) is 3.93. The molecule has 94 valence electrons. The third kappa shape index (κ3) is 4.68. The average Bonchev–Trinajstić information content (AvgIpc) is 2.36. The van der Waals surface area contributed by atoms with Crippen LogP contribution in [0.3, 0.4) is 0 Å². The van der Waals surface area contributed by atoms with Crippen LogP contribution >= 0.6 is 11.9 Å². The third-order valence-electron chi connectivity index (χ3n) is 2.33. The first-order chi connectivity index (χ1) is 8.67. The second kappa shape index (κ2) is 7.62. The molecule has 0 heterocycles. The molecule has 0 bridgehead atoms. The molecule has 1 nitrogen and oxygen atoms in total. The van der Waals surface area contributed by atoms with Gasteiger partial charge in [0.15, 0.2) is 0 Å². The van der Waals surface area contributed by atoms with Crippen molar-refractivity contribution in [3.63, 3.8) is 0 Å². The number of aryl methyl sites for hydroxylation is 2. The second-order valence-corrected chi connectivity index (χ2v) is 4.77. The quantitative estimate of drug-likeness (QED) is 0.585. The van der Waals surface area contributed by atoms with Crippen LogP contribution in [0.25, 0.3) is 0 Å².